The highest BCUT2D eigenvalue weighted by Gasteiger charge is 2.12. The van der Waals surface area contributed by atoms with Crippen molar-refractivity contribution in [2.24, 2.45) is 0 Å². The highest BCUT2D eigenvalue weighted by atomic mass is 79.9. The third-order valence-corrected chi connectivity index (χ3v) is 4.01. The average molecular weight is 457 g/mol. The number of aliphatic carboxylic acids is 1. The molecule has 1 aromatic carbocycles. The van der Waals surface area contributed by atoms with Gasteiger partial charge < -0.3 is 9.84 Å². The molecule has 1 atom stereocenters. The lowest BCUT2D eigenvalue weighted by molar-refractivity contribution is -0.132. The predicted molar refractivity (Wildman–Crippen MR) is 85.6 cm³/mol. The fraction of sp³-hybridized carbons (Fsp3) is 0.308. The minimum atomic E-state index is -0.904. The molecule has 0 saturated carbocycles. The minimum absolute atomic E-state index is 0.122. The van der Waals surface area contributed by atoms with Gasteiger partial charge in [0.25, 0.3) is 0 Å². The van der Waals surface area contributed by atoms with Crippen LogP contribution in [0.1, 0.15) is 20.3 Å². The van der Waals surface area contributed by atoms with Gasteiger partial charge in [-0.1, -0.05) is 22.0 Å². The summed E-state index contributed by atoms with van der Waals surface area (Å²) in [6, 6.07) is 3.79. The van der Waals surface area contributed by atoms with E-state index < -0.39 is 5.97 Å². The molecule has 104 valence electrons. The molecule has 1 unspecified atom stereocenters. The molecule has 0 radical (unpaired) electrons. The fourth-order valence-electron chi connectivity index (χ4n) is 1.32. The van der Waals surface area contributed by atoms with E-state index in [-0.39, 0.29) is 6.10 Å². The molecule has 0 amide bonds. The van der Waals surface area contributed by atoms with Gasteiger partial charge in [-0.05, 0) is 57.8 Å². The van der Waals surface area contributed by atoms with Crippen LogP contribution in [0.15, 0.2) is 37.2 Å². The van der Waals surface area contributed by atoms with Crippen molar-refractivity contribution in [1.29, 1.82) is 0 Å². The Hall–Kier alpha value is -0.330. The molecule has 6 heteroatoms. The van der Waals surface area contributed by atoms with Crippen molar-refractivity contribution in [3.63, 3.8) is 0 Å². The molecule has 3 nitrogen and oxygen atoms in total. The quantitative estimate of drug-likeness (QED) is 0.622. The van der Waals surface area contributed by atoms with E-state index >= 15 is 0 Å². The van der Waals surface area contributed by atoms with Crippen molar-refractivity contribution >= 4 is 53.8 Å². The first-order valence-corrected chi connectivity index (χ1v) is 7.90. The van der Waals surface area contributed by atoms with Gasteiger partial charge in [-0.25, -0.2) is 4.79 Å². The summed E-state index contributed by atoms with van der Waals surface area (Å²) in [5.74, 6) is -0.199. The number of halogens is 3. The second kappa shape index (κ2) is 7.45. The molecule has 0 fully saturated rings. The second-order valence-electron chi connectivity index (χ2n) is 4.06. The third kappa shape index (κ3) is 5.28. The van der Waals surface area contributed by atoms with Crippen LogP contribution in [0.25, 0.3) is 0 Å². The van der Waals surface area contributed by atoms with Crippen molar-refractivity contribution in [2.45, 2.75) is 26.4 Å². The zero-order chi connectivity index (χ0) is 14.6. The molecule has 0 heterocycles. The highest BCUT2D eigenvalue weighted by Crippen LogP contribution is 2.37. The van der Waals surface area contributed by atoms with Crippen LogP contribution in [-0.2, 0) is 4.79 Å². The molecule has 19 heavy (non-hydrogen) atoms. The van der Waals surface area contributed by atoms with Gasteiger partial charge in [-0.2, -0.15) is 0 Å². The first-order chi connectivity index (χ1) is 8.81. The summed E-state index contributed by atoms with van der Waals surface area (Å²) < 4.78 is 8.41. The third-order valence-electron chi connectivity index (χ3n) is 2.38. The molecule has 0 aromatic heterocycles. The smallest absolute Gasteiger partial charge is 0.330 e. The molecule has 0 bridgehead atoms. The number of carbonyl (C=O) groups is 1. The standard InChI is InChI=1S/C13H13Br3O3/c1-7(13(17)18)3-4-8(2)19-12-10(15)5-9(14)6-11(12)16/h3,5-6,8H,4H2,1-2H3,(H,17,18). The Kier molecular flexibility index (Phi) is 6.56. The second-order valence-corrected chi connectivity index (χ2v) is 6.68. The van der Waals surface area contributed by atoms with Crippen LogP contribution in [0, 0.1) is 0 Å². The Morgan fingerprint density at radius 2 is 1.89 bits per heavy atom. The van der Waals surface area contributed by atoms with E-state index in [0.717, 1.165) is 13.4 Å². The number of carboxylic acid groups (broad SMARTS) is 1. The van der Waals surface area contributed by atoms with Gasteiger partial charge >= 0.3 is 5.97 Å². The van der Waals surface area contributed by atoms with E-state index in [1.165, 1.54) is 0 Å². The van der Waals surface area contributed by atoms with Gasteiger partial charge in [0, 0.05) is 16.5 Å². The number of carboxylic acids is 1. The molecule has 0 aliphatic rings. The molecule has 1 aromatic rings. The molecule has 0 aliphatic carbocycles. The van der Waals surface area contributed by atoms with Crippen LogP contribution in [0.4, 0.5) is 0 Å². The Labute approximate surface area is 137 Å². The van der Waals surface area contributed by atoms with E-state index in [0.29, 0.717) is 17.7 Å². The SMILES string of the molecule is CC(=CCC(C)Oc1c(Br)cc(Br)cc1Br)C(=O)O. The van der Waals surface area contributed by atoms with E-state index in [1.54, 1.807) is 13.0 Å². The number of rotatable bonds is 5. The molecule has 0 aliphatic heterocycles. The predicted octanol–water partition coefficient (Wildman–Crippen LogP) is 5.16. The maximum absolute atomic E-state index is 10.7. The molecular formula is C13H13Br3O3. The maximum atomic E-state index is 10.7. The first kappa shape index (κ1) is 16.7. The zero-order valence-electron chi connectivity index (χ0n) is 10.4. The van der Waals surface area contributed by atoms with Gasteiger partial charge in [0.05, 0.1) is 15.0 Å². The Balaban J connectivity index is 2.75. The van der Waals surface area contributed by atoms with Crippen molar-refractivity contribution in [1.82, 2.24) is 0 Å². The van der Waals surface area contributed by atoms with Gasteiger partial charge in [-0.3, -0.25) is 0 Å². The van der Waals surface area contributed by atoms with Crippen LogP contribution in [0.2, 0.25) is 0 Å². The summed E-state index contributed by atoms with van der Waals surface area (Å²) in [4.78, 5) is 10.7. The van der Waals surface area contributed by atoms with Gasteiger partial charge in [0.1, 0.15) is 5.75 Å². The molecule has 1 rings (SSSR count). The van der Waals surface area contributed by atoms with Crippen LogP contribution < -0.4 is 4.74 Å². The van der Waals surface area contributed by atoms with E-state index in [9.17, 15) is 4.79 Å². The van der Waals surface area contributed by atoms with Crippen molar-refractivity contribution < 1.29 is 14.6 Å². The first-order valence-electron chi connectivity index (χ1n) is 5.52. The lowest BCUT2D eigenvalue weighted by Crippen LogP contribution is -2.12. The van der Waals surface area contributed by atoms with Crippen LogP contribution in [0.5, 0.6) is 5.75 Å². The number of ether oxygens (including phenoxy) is 1. The van der Waals surface area contributed by atoms with Gasteiger partial charge in [-0.15, -0.1) is 0 Å². The number of hydrogen-bond acceptors (Lipinski definition) is 2. The fourth-order valence-corrected chi connectivity index (χ4v) is 3.77. The maximum Gasteiger partial charge on any atom is 0.330 e. The van der Waals surface area contributed by atoms with Crippen molar-refractivity contribution in [3.05, 3.63) is 37.2 Å². The van der Waals surface area contributed by atoms with Gasteiger partial charge in [0.2, 0.25) is 0 Å². The molecule has 0 saturated heterocycles. The van der Waals surface area contributed by atoms with E-state index in [2.05, 4.69) is 47.8 Å². The average Bonchev–Trinajstić information content (AvgIpc) is 2.30. The Morgan fingerprint density at radius 1 is 1.37 bits per heavy atom. The normalized spacial score (nSPS) is 13.2. The van der Waals surface area contributed by atoms with Crippen LogP contribution in [0.3, 0.4) is 0 Å². The Morgan fingerprint density at radius 3 is 2.37 bits per heavy atom. The van der Waals surface area contributed by atoms with Gasteiger partial charge in [0.15, 0.2) is 0 Å². The van der Waals surface area contributed by atoms with Crippen LogP contribution in [-0.4, -0.2) is 17.2 Å². The summed E-state index contributed by atoms with van der Waals surface area (Å²) in [7, 11) is 0. The lowest BCUT2D eigenvalue weighted by Gasteiger charge is -2.16. The van der Waals surface area contributed by atoms with E-state index in [4.69, 9.17) is 9.84 Å². The van der Waals surface area contributed by atoms with Crippen molar-refractivity contribution in [2.75, 3.05) is 0 Å². The zero-order valence-corrected chi connectivity index (χ0v) is 15.2. The van der Waals surface area contributed by atoms with Crippen molar-refractivity contribution in [3.8, 4) is 5.75 Å². The molecular weight excluding hydrogens is 444 g/mol. The topological polar surface area (TPSA) is 46.5 Å². The number of hydrogen-bond donors (Lipinski definition) is 1. The summed E-state index contributed by atoms with van der Waals surface area (Å²) in [5.41, 5.74) is 0.324. The van der Waals surface area contributed by atoms with E-state index in [1.807, 2.05) is 19.1 Å². The minimum Gasteiger partial charge on any atom is -0.488 e. The summed E-state index contributed by atoms with van der Waals surface area (Å²) in [5, 5.41) is 8.77. The summed E-state index contributed by atoms with van der Waals surface area (Å²) in [6.07, 6.45) is 2.07. The Bertz CT molecular complexity index is 489. The molecule has 1 N–H and O–H groups in total. The summed E-state index contributed by atoms with van der Waals surface area (Å²) in [6.45, 7) is 3.47. The molecule has 0 spiro atoms. The highest BCUT2D eigenvalue weighted by molar-refractivity contribution is 9.11. The summed E-state index contributed by atoms with van der Waals surface area (Å²) >= 11 is 10.3. The largest absolute Gasteiger partial charge is 0.488 e. The van der Waals surface area contributed by atoms with Crippen LogP contribution >= 0.6 is 47.8 Å². The lowest BCUT2D eigenvalue weighted by atomic mass is 10.2. The monoisotopic (exact) mass is 454 g/mol. The number of benzene rings is 1.